The number of fused-ring (bicyclic) bond motifs is 3. The van der Waals surface area contributed by atoms with Gasteiger partial charge in [-0.15, -0.1) is 0 Å². The van der Waals surface area contributed by atoms with Gasteiger partial charge in [0.2, 0.25) is 0 Å². The van der Waals surface area contributed by atoms with Crippen LogP contribution in [0.5, 0.6) is 0 Å². The van der Waals surface area contributed by atoms with Crippen molar-refractivity contribution in [3.8, 4) is 0 Å². The van der Waals surface area contributed by atoms with Crippen molar-refractivity contribution >= 4 is 16.8 Å². The first-order valence-electron chi connectivity index (χ1n) is 8.73. The predicted octanol–water partition coefficient (Wildman–Crippen LogP) is 1.87. The molecule has 1 unspecified atom stereocenters. The molecular weight excluding hydrogens is 304 g/mol. The lowest BCUT2D eigenvalue weighted by Gasteiger charge is -2.40. The van der Waals surface area contributed by atoms with Gasteiger partial charge < -0.3 is 15.4 Å². The number of piperidine rings is 1. The van der Waals surface area contributed by atoms with Gasteiger partial charge in [-0.05, 0) is 32.8 Å². The van der Waals surface area contributed by atoms with E-state index in [1.54, 1.807) is 0 Å². The highest BCUT2D eigenvalue weighted by molar-refractivity contribution is 6.05. The lowest BCUT2D eigenvalue weighted by Crippen LogP contribution is -2.58. The molecule has 0 radical (unpaired) electrons. The molecule has 1 amide bonds. The maximum absolute atomic E-state index is 12.8. The van der Waals surface area contributed by atoms with Crippen LogP contribution in [0.4, 0.5) is 0 Å². The van der Waals surface area contributed by atoms with Crippen molar-refractivity contribution in [3.05, 3.63) is 30.0 Å². The molecule has 2 aliphatic rings. The number of morpholine rings is 1. The standard InChI is InChI=1S/C18H24N4O2/c1-11(2)22-16-6-4-3-5-15(16)17(21-22)18(23)20-12-7-13-9-24-10-14(8-12)19-13/h3-6,11-14,19H,7-10H2,1-2H3,(H,20,23)/t12?,13-,14+. The van der Waals surface area contributed by atoms with Gasteiger partial charge in [0, 0.05) is 29.6 Å². The monoisotopic (exact) mass is 328 g/mol. The zero-order chi connectivity index (χ0) is 16.7. The van der Waals surface area contributed by atoms with Crippen molar-refractivity contribution in [2.24, 2.45) is 0 Å². The second-order valence-corrected chi connectivity index (χ2v) is 7.14. The third-order valence-electron chi connectivity index (χ3n) is 4.90. The Kier molecular flexibility index (Phi) is 4.02. The van der Waals surface area contributed by atoms with Gasteiger partial charge in [0.1, 0.15) is 0 Å². The van der Waals surface area contributed by atoms with Gasteiger partial charge in [0.25, 0.3) is 5.91 Å². The van der Waals surface area contributed by atoms with E-state index >= 15 is 0 Å². The molecule has 3 atom stereocenters. The molecule has 3 heterocycles. The molecule has 1 aromatic carbocycles. The number of nitrogens with one attached hydrogen (secondary N) is 2. The number of carbonyl (C=O) groups excluding carboxylic acids is 1. The van der Waals surface area contributed by atoms with Crippen molar-refractivity contribution < 1.29 is 9.53 Å². The number of ether oxygens (including phenoxy) is 1. The Balaban J connectivity index is 1.57. The molecule has 2 aromatic rings. The Hall–Kier alpha value is -1.92. The number of rotatable bonds is 3. The molecular formula is C18H24N4O2. The first-order valence-corrected chi connectivity index (χ1v) is 8.73. The van der Waals surface area contributed by atoms with Gasteiger partial charge in [-0.3, -0.25) is 9.48 Å². The molecule has 6 heteroatoms. The topological polar surface area (TPSA) is 68.2 Å². The molecule has 2 fully saturated rings. The Bertz CT molecular complexity index is 743. The van der Waals surface area contributed by atoms with Crippen LogP contribution in [-0.2, 0) is 4.74 Å². The third-order valence-corrected chi connectivity index (χ3v) is 4.90. The fraction of sp³-hybridized carbons (Fsp3) is 0.556. The van der Waals surface area contributed by atoms with Crippen molar-refractivity contribution in [2.45, 2.75) is 50.9 Å². The van der Waals surface area contributed by atoms with Crippen LogP contribution in [0.3, 0.4) is 0 Å². The summed E-state index contributed by atoms with van der Waals surface area (Å²) < 4.78 is 7.50. The lowest BCUT2D eigenvalue weighted by molar-refractivity contribution is 0.0148. The molecule has 128 valence electrons. The van der Waals surface area contributed by atoms with Crippen LogP contribution < -0.4 is 10.6 Å². The van der Waals surface area contributed by atoms with Crippen LogP contribution in [0, 0.1) is 0 Å². The van der Waals surface area contributed by atoms with Gasteiger partial charge in [-0.25, -0.2) is 0 Å². The second kappa shape index (κ2) is 6.18. The summed E-state index contributed by atoms with van der Waals surface area (Å²) in [5.41, 5.74) is 1.53. The Labute approximate surface area is 141 Å². The van der Waals surface area contributed by atoms with Crippen molar-refractivity contribution in [3.63, 3.8) is 0 Å². The molecule has 2 aliphatic heterocycles. The minimum atomic E-state index is -0.0727. The number of amides is 1. The van der Waals surface area contributed by atoms with Crippen LogP contribution in [0.2, 0.25) is 0 Å². The zero-order valence-corrected chi connectivity index (χ0v) is 14.2. The SMILES string of the molecule is CC(C)n1nc(C(=O)NC2C[C@H]3COC[C@@H](C2)N3)c2ccccc21. The molecule has 2 N–H and O–H groups in total. The van der Waals surface area contributed by atoms with Crippen LogP contribution in [-0.4, -0.2) is 47.0 Å². The molecule has 1 aromatic heterocycles. The summed E-state index contributed by atoms with van der Waals surface area (Å²) in [5, 5.41) is 12.3. The third kappa shape index (κ3) is 2.80. The normalized spacial score (nSPS) is 26.7. The summed E-state index contributed by atoms with van der Waals surface area (Å²) in [6.07, 6.45) is 1.82. The maximum atomic E-state index is 12.8. The molecule has 0 aliphatic carbocycles. The molecule has 6 nitrogen and oxygen atoms in total. The average molecular weight is 328 g/mol. The zero-order valence-electron chi connectivity index (χ0n) is 14.2. The largest absolute Gasteiger partial charge is 0.378 e. The summed E-state index contributed by atoms with van der Waals surface area (Å²) >= 11 is 0. The molecule has 4 rings (SSSR count). The lowest BCUT2D eigenvalue weighted by atomic mass is 9.92. The quantitative estimate of drug-likeness (QED) is 0.902. The molecule has 2 bridgehead atoms. The Morgan fingerprint density at radius 1 is 1.29 bits per heavy atom. The van der Waals surface area contributed by atoms with E-state index in [4.69, 9.17) is 4.74 Å². The van der Waals surface area contributed by atoms with E-state index in [0.717, 1.165) is 37.0 Å². The first-order chi connectivity index (χ1) is 11.6. The summed E-state index contributed by atoms with van der Waals surface area (Å²) in [7, 11) is 0. The summed E-state index contributed by atoms with van der Waals surface area (Å²) in [5.74, 6) is -0.0727. The van der Waals surface area contributed by atoms with Crippen LogP contribution in [0.15, 0.2) is 24.3 Å². The van der Waals surface area contributed by atoms with Crippen LogP contribution in [0.1, 0.15) is 43.2 Å². The minimum absolute atomic E-state index is 0.0727. The van der Waals surface area contributed by atoms with Crippen molar-refractivity contribution in [1.29, 1.82) is 0 Å². The van der Waals surface area contributed by atoms with Gasteiger partial charge in [-0.2, -0.15) is 5.10 Å². The number of aromatic nitrogens is 2. The highest BCUT2D eigenvalue weighted by Gasteiger charge is 2.33. The van der Waals surface area contributed by atoms with E-state index in [1.807, 2.05) is 28.9 Å². The summed E-state index contributed by atoms with van der Waals surface area (Å²) in [4.78, 5) is 12.8. The number of carbonyl (C=O) groups is 1. The van der Waals surface area contributed by atoms with Gasteiger partial charge in [0.05, 0.1) is 18.7 Å². The Morgan fingerprint density at radius 3 is 2.71 bits per heavy atom. The van der Waals surface area contributed by atoms with Crippen LogP contribution >= 0.6 is 0 Å². The highest BCUT2D eigenvalue weighted by atomic mass is 16.5. The van der Waals surface area contributed by atoms with Crippen LogP contribution in [0.25, 0.3) is 10.9 Å². The van der Waals surface area contributed by atoms with E-state index in [-0.39, 0.29) is 18.0 Å². The van der Waals surface area contributed by atoms with E-state index in [9.17, 15) is 4.79 Å². The fourth-order valence-electron chi connectivity index (χ4n) is 3.86. The minimum Gasteiger partial charge on any atom is -0.378 e. The second-order valence-electron chi connectivity index (χ2n) is 7.14. The maximum Gasteiger partial charge on any atom is 0.272 e. The smallest absolute Gasteiger partial charge is 0.272 e. The van der Waals surface area contributed by atoms with E-state index in [0.29, 0.717) is 17.8 Å². The van der Waals surface area contributed by atoms with E-state index < -0.39 is 0 Å². The van der Waals surface area contributed by atoms with Gasteiger partial charge in [-0.1, -0.05) is 18.2 Å². The number of benzene rings is 1. The number of hydrogen-bond acceptors (Lipinski definition) is 4. The highest BCUT2D eigenvalue weighted by Crippen LogP contribution is 2.23. The summed E-state index contributed by atoms with van der Waals surface area (Å²) in [6, 6.07) is 9.01. The molecule has 0 spiro atoms. The van der Waals surface area contributed by atoms with Crippen molar-refractivity contribution in [1.82, 2.24) is 20.4 Å². The van der Waals surface area contributed by atoms with Gasteiger partial charge >= 0.3 is 0 Å². The molecule has 0 saturated carbocycles. The summed E-state index contributed by atoms with van der Waals surface area (Å²) in [6.45, 7) is 5.62. The molecule has 24 heavy (non-hydrogen) atoms. The number of hydrogen-bond donors (Lipinski definition) is 2. The number of para-hydroxylation sites is 1. The van der Waals surface area contributed by atoms with Crippen molar-refractivity contribution in [2.75, 3.05) is 13.2 Å². The number of nitrogens with zero attached hydrogens (tertiary/aromatic N) is 2. The molecule has 2 saturated heterocycles. The van der Waals surface area contributed by atoms with E-state index in [1.165, 1.54) is 0 Å². The Morgan fingerprint density at radius 2 is 2.00 bits per heavy atom. The fourth-order valence-corrected chi connectivity index (χ4v) is 3.86. The van der Waals surface area contributed by atoms with Gasteiger partial charge in [0.15, 0.2) is 5.69 Å². The van der Waals surface area contributed by atoms with E-state index in [2.05, 4.69) is 29.6 Å². The average Bonchev–Trinajstić information content (AvgIpc) is 2.94. The first kappa shape index (κ1) is 15.6. The predicted molar refractivity (Wildman–Crippen MR) is 92.1 cm³/mol.